The Kier molecular flexibility index (Phi) is 10.5. The number of anilines is 1. The van der Waals surface area contributed by atoms with Crippen molar-refractivity contribution in [3.05, 3.63) is 83.3 Å². The van der Waals surface area contributed by atoms with Gasteiger partial charge in [-0.2, -0.15) is 4.39 Å². The van der Waals surface area contributed by atoms with Gasteiger partial charge in [0.2, 0.25) is 16.6 Å². The van der Waals surface area contributed by atoms with Crippen LogP contribution in [0.4, 0.5) is 18.3 Å². The van der Waals surface area contributed by atoms with Gasteiger partial charge in [0, 0.05) is 31.4 Å². The standard InChI is InChI=1S/C30H27F3N2O8S2/c1-5-24(36)22-13-23(31)27(33)28(26(22)32)43-25-14-34-30(44-25)35-29(37)17-10-19(41-16(2)15-40-3)12-20(11-17)42-18-6-8-21(9-7-18)45(4,38)39/h6-14,16H,5,15H2,1-4H3,(H,34,35,37)/t16-/m0/s1. The van der Waals surface area contributed by atoms with Crippen LogP contribution < -0.4 is 19.5 Å². The number of methoxy groups -OCH3 is 1. The Bertz CT molecular complexity index is 1830. The molecule has 0 saturated carbocycles. The van der Waals surface area contributed by atoms with E-state index in [1.165, 1.54) is 56.5 Å². The monoisotopic (exact) mass is 664 g/mol. The number of sulfone groups is 1. The molecule has 1 atom stereocenters. The van der Waals surface area contributed by atoms with E-state index in [1.54, 1.807) is 6.92 Å². The van der Waals surface area contributed by atoms with Crippen LogP contribution in [0, 0.1) is 17.5 Å². The first-order chi connectivity index (χ1) is 21.3. The summed E-state index contributed by atoms with van der Waals surface area (Å²) in [6.07, 6.45) is 1.60. The molecule has 1 N–H and O–H groups in total. The maximum Gasteiger partial charge on any atom is 0.257 e. The number of aromatic nitrogens is 1. The van der Waals surface area contributed by atoms with Crippen LogP contribution in [0.15, 0.2) is 59.6 Å². The molecule has 1 aromatic heterocycles. The van der Waals surface area contributed by atoms with E-state index >= 15 is 0 Å². The third kappa shape index (κ3) is 8.38. The van der Waals surface area contributed by atoms with Crippen LogP contribution in [-0.2, 0) is 14.6 Å². The molecule has 0 fully saturated rings. The van der Waals surface area contributed by atoms with Crippen molar-refractivity contribution in [1.82, 2.24) is 4.98 Å². The number of ketones is 1. The van der Waals surface area contributed by atoms with Crippen molar-refractivity contribution in [3.63, 3.8) is 0 Å². The normalized spacial score (nSPS) is 12.0. The first-order valence-corrected chi connectivity index (χ1v) is 15.9. The van der Waals surface area contributed by atoms with Crippen LogP contribution in [0.5, 0.6) is 28.1 Å². The summed E-state index contributed by atoms with van der Waals surface area (Å²) >= 11 is 0.691. The lowest BCUT2D eigenvalue weighted by molar-refractivity contribution is 0.0916. The topological polar surface area (TPSA) is 130 Å². The predicted molar refractivity (Wildman–Crippen MR) is 159 cm³/mol. The second-order valence-corrected chi connectivity index (χ2v) is 12.6. The maximum atomic E-state index is 14.8. The van der Waals surface area contributed by atoms with Crippen molar-refractivity contribution in [2.75, 3.05) is 25.3 Å². The Labute approximate surface area is 260 Å². The quantitative estimate of drug-likeness (QED) is 0.121. The number of nitrogens with zero attached hydrogens (tertiary/aromatic N) is 1. The number of Topliss-reactive ketones (excluding diaryl/α,β-unsaturated/α-hetero) is 1. The molecule has 45 heavy (non-hydrogen) atoms. The van der Waals surface area contributed by atoms with Gasteiger partial charge in [0.1, 0.15) is 23.4 Å². The summed E-state index contributed by atoms with van der Waals surface area (Å²) in [5.41, 5.74) is -0.585. The number of nitrogens with one attached hydrogen (secondary N) is 1. The maximum absolute atomic E-state index is 14.8. The van der Waals surface area contributed by atoms with Gasteiger partial charge in [-0.25, -0.2) is 22.2 Å². The molecule has 0 saturated heterocycles. The summed E-state index contributed by atoms with van der Waals surface area (Å²) in [5.74, 6) is -6.25. The molecule has 0 aliphatic carbocycles. The zero-order chi connectivity index (χ0) is 32.9. The molecular weight excluding hydrogens is 637 g/mol. The molecule has 1 amide bonds. The van der Waals surface area contributed by atoms with Gasteiger partial charge in [-0.3, -0.25) is 14.9 Å². The zero-order valence-corrected chi connectivity index (χ0v) is 26.0. The van der Waals surface area contributed by atoms with E-state index in [0.29, 0.717) is 17.4 Å². The summed E-state index contributed by atoms with van der Waals surface area (Å²) < 4.78 is 88.8. The van der Waals surface area contributed by atoms with Crippen molar-refractivity contribution >= 4 is 38.0 Å². The SMILES string of the molecule is CCC(=O)c1cc(F)c(F)c(Oc2cnc(NC(=O)c3cc(Oc4ccc(S(C)(=O)=O)cc4)cc(O[C@@H](C)COC)c3)s2)c1F. The molecular formula is C30H27F3N2O8S2. The summed E-state index contributed by atoms with van der Waals surface area (Å²) in [6.45, 7) is 3.45. The molecule has 4 aromatic rings. The smallest absolute Gasteiger partial charge is 0.257 e. The van der Waals surface area contributed by atoms with Crippen LogP contribution in [0.1, 0.15) is 41.0 Å². The van der Waals surface area contributed by atoms with Gasteiger partial charge < -0.3 is 18.9 Å². The third-order valence-corrected chi connectivity index (χ3v) is 7.93. The van der Waals surface area contributed by atoms with Gasteiger partial charge in [-0.05, 0) is 49.4 Å². The van der Waals surface area contributed by atoms with Gasteiger partial charge >= 0.3 is 0 Å². The average molecular weight is 665 g/mol. The molecule has 0 aliphatic heterocycles. The van der Waals surface area contributed by atoms with Gasteiger partial charge in [0.25, 0.3) is 5.91 Å². The minimum Gasteiger partial charge on any atom is -0.488 e. The highest BCUT2D eigenvalue weighted by molar-refractivity contribution is 7.90. The molecule has 0 unspecified atom stereocenters. The summed E-state index contributed by atoms with van der Waals surface area (Å²) in [5, 5.41) is 2.30. The number of rotatable bonds is 13. The largest absolute Gasteiger partial charge is 0.488 e. The summed E-state index contributed by atoms with van der Waals surface area (Å²) in [6, 6.07) is 10.5. The van der Waals surface area contributed by atoms with Crippen molar-refractivity contribution in [2.45, 2.75) is 31.3 Å². The highest BCUT2D eigenvalue weighted by Gasteiger charge is 2.25. The number of carbonyl (C=O) groups is 2. The number of halogens is 3. The van der Waals surface area contributed by atoms with Crippen LogP contribution in [-0.4, -0.2) is 51.2 Å². The molecule has 10 nitrogen and oxygen atoms in total. The molecule has 0 radical (unpaired) electrons. The number of amides is 1. The molecule has 0 spiro atoms. The molecule has 15 heteroatoms. The number of thiazole rings is 1. The number of ether oxygens (including phenoxy) is 4. The highest BCUT2D eigenvalue weighted by Crippen LogP contribution is 2.36. The number of hydrogen-bond acceptors (Lipinski definition) is 10. The fourth-order valence-corrected chi connectivity index (χ4v) is 5.22. The van der Waals surface area contributed by atoms with Crippen molar-refractivity contribution in [1.29, 1.82) is 0 Å². The lowest BCUT2D eigenvalue weighted by Gasteiger charge is -2.16. The van der Waals surface area contributed by atoms with Crippen LogP contribution in [0.25, 0.3) is 0 Å². The molecule has 4 rings (SSSR count). The second-order valence-electron chi connectivity index (χ2n) is 9.60. The summed E-state index contributed by atoms with van der Waals surface area (Å²) in [7, 11) is -1.91. The number of carbonyl (C=O) groups excluding carboxylic acids is 2. The van der Waals surface area contributed by atoms with Crippen LogP contribution in [0.2, 0.25) is 0 Å². The van der Waals surface area contributed by atoms with Crippen LogP contribution >= 0.6 is 11.3 Å². The summed E-state index contributed by atoms with van der Waals surface area (Å²) in [4.78, 5) is 29.3. The number of benzene rings is 3. The minimum atomic E-state index is -3.42. The van der Waals surface area contributed by atoms with E-state index < -0.39 is 56.4 Å². The Balaban J connectivity index is 1.57. The molecule has 0 aliphatic rings. The van der Waals surface area contributed by atoms with Gasteiger partial charge in [0.05, 0.1) is 23.3 Å². The molecule has 1 heterocycles. The van der Waals surface area contributed by atoms with E-state index in [0.717, 1.165) is 12.5 Å². The zero-order valence-electron chi connectivity index (χ0n) is 24.4. The first-order valence-electron chi connectivity index (χ1n) is 13.2. The van der Waals surface area contributed by atoms with E-state index in [2.05, 4.69) is 10.3 Å². The van der Waals surface area contributed by atoms with Crippen molar-refractivity contribution in [3.8, 4) is 28.1 Å². The Hall–Kier alpha value is -4.47. The molecule has 0 bridgehead atoms. The highest BCUT2D eigenvalue weighted by atomic mass is 32.2. The van der Waals surface area contributed by atoms with Gasteiger partial charge in [-0.15, -0.1) is 0 Å². The van der Waals surface area contributed by atoms with Crippen molar-refractivity contribution in [2.24, 2.45) is 0 Å². The molecule has 3 aromatic carbocycles. The second kappa shape index (κ2) is 14.1. The minimum absolute atomic E-state index is 0.0324. The Morgan fingerprint density at radius 2 is 1.67 bits per heavy atom. The van der Waals surface area contributed by atoms with E-state index in [1.807, 2.05) is 0 Å². The first kappa shape index (κ1) is 33.4. The third-order valence-electron chi connectivity index (χ3n) is 6.01. The average Bonchev–Trinajstić information content (AvgIpc) is 3.43. The van der Waals surface area contributed by atoms with Gasteiger partial charge in [-0.1, -0.05) is 18.3 Å². The van der Waals surface area contributed by atoms with Crippen molar-refractivity contribution < 1.29 is 50.1 Å². The fraction of sp³-hybridized carbons (Fsp3) is 0.233. The lowest BCUT2D eigenvalue weighted by Crippen LogP contribution is -2.18. The fourth-order valence-electron chi connectivity index (χ4n) is 3.92. The Morgan fingerprint density at radius 3 is 2.31 bits per heavy atom. The van der Waals surface area contributed by atoms with E-state index in [4.69, 9.17) is 18.9 Å². The lowest BCUT2D eigenvalue weighted by atomic mass is 10.1. The van der Waals surface area contributed by atoms with Gasteiger partial charge in [0.15, 0.2) is 32.4 Å². The van der Waals surface area contributed by atoms with Crippen LogP contribution in [0.3, 0.4) is 0 Å². The predicted octanol–water partition coefficient (Wildman–Crippen LogP) is 6.81. The number of hydrogen-bond donors (Lipinski definition) is 1. The van der Waals surface area contributed by atoms with E-state index in [9.17, 15) is 31.2 Å². The molecule has 238 valence electrons. The van der Waals surface area contributed by atoms with E-state index in [-0.39, 0.29) is 50.9 Å². The Morgan fingerprint density at radius 1 is 0.978 bits per heavy atom.